The van der Waals surface area contributed by atoms with Crippen LogP contribution in [0.15, 0.2) is 47.4 Å². The third kappa shape index (κ3) is 5.12. The molecule has 1 aliphatic carbocycles. The van der Waals surface area contributed by atoms with Crippen molar-refractivity contribution in [2.45, 2.75) is 78.9 Å². The number of thioether (sulfide) groups is 1. The van der Waals surface area contributed by atoms with E-state index in [1.807, 2.05) is 0 Å². The fourth-order valence-electron chi connectivity index (χ4n) is 6.89. The Hall–Kier alpha value is -2.49. The number of hydrogen-bond donors (Lipinski definition) is 0. The first-order valence-corrected chi connectivity index (χ1v) is 16.5. The van der Waals surface area contributed by atoms with Crippen LogP contribution in [0.4, 0.5) is 43.9 Å². The molecule has 2 unspecified atom stereocenters. The maximum Gasteiger partial charge on any atom is 0.435 e. The van der Waals surface area contributed by atoms with Gasteiger partial charge in [-0.05, 0) is 79.0 Å². The van der Waals surface area contributed by atoms with Gasteiger partial charge in [-0.15, -0.1) is 0 Å². The largest absolute Gasteiger partial charge is 0.435 e. The number of likely N-dealkylation sites (tertiary alicyclic amines) is 1. The van der Waals surface area contributed by atoms with E-state index in [-0.39, 0.29) is 48.9 Å². The normalized spacial score (nSPS) is 24.2. The van der Waals surface area contributed by atoms with Crippen LogP contribution >= 0.6 is 11.8 Å². The molecule has 4 nitrogen and oxygen atoms in total. The van der Waals surface area contributed by atoms with Crippen molar-refractivity contribution in [3.8, 4) is 0 Å². The Morgan fingerprint density at radius 2 is 1.40 bits per heavy atom. The standard InChI is InChI=1S/C29H27F10NO3S2/c1-24(11-14-44-15-12-24)23(41)40-13-10-25(45(42,43)20-6-3-18(4-7-20)27(31,32)33)21-8-5-19(16-17(21)2-9-22(25)40)26(30,28(34,35)36)29(37,38)39/h3-8,16,22H,2,9-15H2,1H3. The summed E-state index contributed by atoms with van der Waals surface area (Å²) in [7, 11) is -4.76. The lowest BCUT2D eigenvalue weighted by atomic mass is 9.76. The summed E-state index contributed by atoms with van der Waals surface area (Å²) in [6, 6.07) is 2.76. The summed E-state index contributed by atoms with van der Waals surface area (Å²) >= 11 is 1.64. The molecule has 5 rings (SSSR count). The quantitative estimate of drug-likeness (QED) is 0.308. The zero-order valence-electron chi connectivity index (χ0n) is 23.5. The molecule has 0 saturated carbocycles. The molecular weight excluding hydrogens is 664 g/mol. The van der Waals surface area contributed by atoms with Gasteiger partial charge in [-0.3, -0.25) is 4.79 Å². The van der Waals surface area contributed by atoms with Gasteiger partial charge in [0.25, 0.3) is 0 Å². The van der Waals surface area contributed by atoms with Crippen molar-refractivity contribution < 1.29 is 57.1 Å². The number of alkyl halides is 10. The van der Waals surface area contributed by atoms with Crippen LogP contribution in [0.2, 0.25) is 0 Å². The van der Waals surface area contributed by atoms with Crippen molar-refractivity contribution in [1.82, 2.24) is 4.90 Å². The van der Waals surface area contributed by atoms with Gasteiger partial charge >= 0.3 is 24.2 Å². The van der Waals surface area contributed by atoms with Crippen LogP contribution in [-0.4, -0.2) is 55.7 Å². The van der Waals surface area contributed by atoms with Gasteiger partial charge in [0, 0.05) is 17.5 Å². The Bertz CT molecular complexity index is 1570. The second-order valence-corrected chi connectivity index (χ2v) is 15.3. The van der Waals surface area contributed by atoms with Crippen molar-refractivity contribution in [3.63, 3.8) is 0 Å². The molecular formula is C29H27F10NO3S2. The van der Waals surface area contributed by atoms with Crippen LogP contribution in [0.25, 0.3) is 0 Å². The van der Waals surface area contributed by atoms with E-state index in [2.05, 4.69) is 0 Å². The van der Waals surface area contributed by atoms with Gasteiger partial charge in [-0.25, -0.2) is 12.8 Å². The average Bonchev–Trinajstić information content (AvgIpc) is 3.36. The lowest BCUT2D eigenvalue weighted by Gasteiger charge is -2.45. The third-order valence-electron chi connectivity index (χ3n) is 9.41. The van der Waals surface area contributed by atoms with Crippen LogP contribution in [-0.2, 0) is 37.6 Å². The van der Waals surface area contributed by atoms with Gasteiger partial charge in [-0.1, -0.05) is 25.1 Å². The fraction of sp³-hybridized carbons (Fsp3) is 0.552. The van der Waals surface area contributed by atoms with E-state index in [0.29, 0.717) is 42.5 Å². The zero-order valence-corrected chi connectivity index (χ0v) is 25.2. The predicted octanol–water partition coefficient (Wildman–Crippen LogP) is 7.74. The molecule has 0 radical (unpaired) electrons. The lowest BCUT2D eigenvalue weighted by Crippen LogP contribution is -2.55. The van der Waals surface area contributed by atoms with Gasteiger partial charge < -0.3 is 4.90 Å². The fourth-order valence-corrected chi connectivity index (χ4v) is 10.6. The molecule has 2 fully saturated rings. The molecule has 0 N–H and O–H groups in total. The van der Waals surface area contributed by atoms with E-state index in [1.165, 1.54) is 4.90 Å². The van der Waals surface area contributed by atoms with Gasteiger partial charge in [0.1, 0.15) is 4.75 Å². The van der Waals surface area contributed by atoms with Crippen molar-refractivity contribution >= 4 is 27.5 Å². The number of fused-ring (bicyclic) bond motifs is 3. The number of benzene rings is 2. The van der Waals surface area contributed by atoms with Gasteiger partial charge in [0.2, 0.25) is 5.91 Å². The van der Waals surface area contributed by atoms with Crippen LogP contribution in [0.5, 0.6) is 0 Å². The van der Waals surface area contributed by atoms with E-state index >= 15 is 4.39 Å². The molecule has 16 heteroatoms. The highest BCUT2D eigenvalue weighted by molar-refractivity contribution is 7.99. The van der Waals surface area contributed by atoms with Gasteiger partial charge in [0.05, 0.1) is 16.5 Å². The molecule has 0 aromatic heterocycles. The number of amides is 1. The minimum absolute atomic E-state index is 0.133. The third-order valence-corrected chi connectivity index (χ3v) is 12.9. The average molecular weight is 692 g/mol. The first kappa shape index (κ1) is 33.9. The lowest BCUT2D eigenvalue weighted by molar-refractivity contribution is -0.348. The highest BCUT2D eigenvalue weighted by atomic mass is 32.2. The summed E-state index contributed by atoms with van der Waals surface area (Å²) in [5, 5.41) is 0. The van der Waals surface area contributed by atoms with Crippen molar-refractivity contribution in [2.24, 2.45) is 5.41 Å². The Balaban J connectivity index is 1.69. The summed E-state index contributed by atoms with van der Waals surface area (Å²) in [6.45, 7) is 1.61. The van der Waals surface area contributed by atoms with E-state index < -0.39 is 66.3 Å². The monoisotopic (exact) mass is 691 g/mol. The second kappa shape index (κ2) is 10.8. The van der Waals surface area contributed by atoms with Gasteiger partial charge in [-0.2, -0.15) is 51.3 Å². The maximum absolute atomic E-state index is 15.0. The second-order valence-electron chi connectivity index (χ2n) is 11.9. The SMILES string of the molecule is CC1(C(=O)N2CCC3(S(=O)(=O)c4ccc(C(F)(F)F)cc4)c4ccc(C(F)(C(F)(F)F)C(F)(F)F)cc4CCC23)CCSCC1. The van der Waals surface area contributed by atoms with Gasteiger partial charge in [0.15, 0.2) is 9.84 Å². The Morgan fingerprint density at radius 1 is 0.844 bits per heavy atom. The first-order chi connectivity index (χ1) is 20.6. The number of aryl methyl sites for hydroxylation is 1. The summed E-state index contributed by atoms with van der Waals surface area (Å²) in [5.74, 6) is 0.990. The zero-order chi connectivity index (χ0) is 33.4. The van der Waals surface area contributed by atoms with Crippen LogP contribution in [0, 0.1) is 5.41 Å². The number of rotatable bonds is 4. The van der Waals surface area contributed by atoms with E-state index in [0.717, 1.165) is 18.2 Å². The van der Waals surface area contributed by atoms with Crippen LogP contribution < -0.4 is 0 Å². The Kier molecular flexibility index (Phi) is 8.11. The molecule has 2 aromatic carbocycles. The minimum Gasteiger partial charge on any atom is -0.337 e. The molecule has 2 aliphatic heterocycles. The van der Waals surface area contributed by atoms with E-state index in [1.54, 1.807) is 18.7 Å². The molecule has 2 heterocycles. The summed E-state index contributed by atoms with van der Waals surface area (Å²) < 4.78 is 163. The Morgan fingerprint density at radius 3 is 1.93 bits per heavy atom. The number of nitrogens with zero attached hydrogens (tertiary/aromatic N) is 1. The number of sulfone groups is 1. The minimum atomic E-state index is -6.40. The Labute approximate surface area is 256 Å². The number of halogens is 10. The molecule has 3 aliphatic rings. The molecule has 2 atom stereocenters. The van der Waals surface area contributed by atoms with Crippen LogP contribution in [0.3, 0.4) is 0 Å². The summed E-state index contributed by atoms with van der Waals surface area (Å²) in [6.07, 6.45) is -17.4. The smallest absolute Gasteiger partial charge is 0.337 e. The highest BCUT2D eigenvalue weighted by Crippen LogP contribution is 2.57. The van der Waals surface area contributed by atoms with E-state index in [9.17, 15) is 52.7 Å². The molecule has 0 spiro atoms. The van der Waals surface area contributed by atoms with Crippen molar-refractivity contribution in [1.29, 1.82) is 0 Å². The topological polar surface area (TPSA) is 54.5 Å². The highest BCUT2D eigenvalue weighted by Gasteiger charge is 2.74. The maximum atomic E-state index is 15.0. The van der Waals surface area contributed by atoms with Crippen molar-refractivity contribution in [3.05, 3.63) is 64.7 Å². The first-order valence-electron chi connectivity index (χ1n) is 13.9. The molecule has 248 valence electrons. The predicted molar refractivity (Wildman–Crippen MR) is 145 cm³/mol. The molecule has 2 aromatic rings. The summed E-state index contributed by atoms with van der Waals surface area (Å²) in [5.41, 5.74) is -10.0. The van der Waals surface area contributed by atoms with E-state index in [4.69, 9.17) is 0 Å². The number of hydrogen-bond acceptors (Lipinski definition) is 4. The van der Waals surface area contributed by atoms with Crippen LogP contribution in [0.1, 0.15) is 54.9 Å². The molecule has 0 bridgehead atoms. The molecule has 45 heavy (non-hydrogen) atoms. The molecule has 1 amide bonds. The number of carbonyl (C=O) groups is 1. The summed E-state index contributed by atoms with van der Waals surface area (Å²) in [4.78, 5) is 14.8. The number of carbonyl (C=O) groups excluding carboxylic acids is 1. The molecule has 2 saturated heterocycles. The van der Waals surface area contributed by atoms with Crippen molar-refractivity contribution in [2.75, 3.05) is 18.1 Å².